The number of carbonyl (C=O) groups is 2. The first-order valence-electron chi connectivity index (χ1n) is 18.6. The molecule has 0 radical (unpaired) electrons. The van der Waals surface area contributed by atoms with Crippen molar-refractivity contribution in [1.29, 1.82) is 5.26 Å². The van der Waals surface area contributed by atoms with Crippen LogP contribution in [0.5, 0.6) is 5.75 Å². The number of hydrogen-bond donors (Lipinski definition) is 4. The molecule has 0 saturated heterocycles. The van der Waals surface area contributed by atoms with E-state index in [1.54, 1.807) is 25.4 Å². The molecule has 9 nitrogen and oxygen atoms in total. The van der Waals surface area contributed by atoms with E-state index in [4.69, 9.17) is 44.8 Å². The van der Waals surface area contributed by atoms with Gasteiger partial charge in [-0.2, -0.15) is 5.26 Å². The van der Waals surface area contributed by atoms with Crippen molar-refractivity contribution in [3.8, 4) is 11.9 Å². The molecule has 2 unspecified atom stereocenters. The summed E-state index contributed by atoms with van der Waals surface area (Å²) < 4.78 is 6.53. The van der Waals surface area contributed by atoms with Crippen LogP contribution >= 0.6 is 46.6 Å². The van der Waals surface area contributed by atoms with Crippen LogP contribution in [0, 0.1) is 11.5 Å². The van der Waals surface area contributed by atoms with Crippen LogP contribution in [0.4, 0.5) is 11.4 Å². The van der Waals surface area contributed by atoms with E-state index in [0.29, 0.717) is 34.3 Å². The van der Waals surface area contributed by atoms with Crippen molar-refractivity contribution in [3.05, 3.63) is 105 Å². The van der Waals surface area contributed by atoms with Crippen LogP contribution in [-0.4, -0.2) is 49.5 Å². The fourth-order valence-electron chi connectivity index (χ4n) is 5.33. The van der Waals surface area contributed by atoms with E-state index in [2.05, 4.69) is 79.9 Å². The van der Waals surface area contributed by atoms with Crippen LogP contribution in [0.3, 0.4) is 0 Å². The van der Waals surface area contributed by atoms with Gasteiger partial charge in [0, 0.05) is 41.0 Å². The molecule has 2 atom stereocenters. The van der Waals surface area contributed by atoms with Crippen molar-refractivity contribution in [2.75, 3.05) is 30.8 Å². The Hall–Kier alpha value is -4.14. The van der Waals surface area contributed by atoms with E-state index in [0.717, 1.165) is 24.1 Å². The molecule has 2 amide bonds. The first kappa shape index (κ1) is 46.2. The fourth-order valence-corrected chi connectivity index (χ4v) is 7.24. The van der Waals surface area contributed by atoms with Gasteiger partial charge in [-0.05, 0) is 78.1 Å². The molecular formula is C43H53Cl3N6O3S. The molecule has 300 valence electrons. The summed E-state index contributed by atoms with van der Waals surface area (Å²) in [5, 5.41) is 20.0. The molecule has 0 bridgehead atoms. The number of amides is 2. The molecule has 4 N–H and O–H groups in total. The van der Waals surface area contributed by atoms with Crippen molar-refractivity contribution in [2.24, 2.45) is 4.99 Å². The Balaban J connectivity index is 1.92. The molecule has 0 spiro atoms. The number of aliphatic imine (C=N–C) groups is 1. The highest BCUT2D eigenvalue weighted by atomic mass is 35.5. The highest BCUT2D eigenvalue weighted by molar-refractivity contribution is 8.01. The van der Waals surface area contributed by atoms with Crippen molar-refractivity contribution >= 4 is 76.0 Å². The van der Waals surface area contributed by atoms with Crippen LogP contribution < -0.4 is 26.0 Å². The Morgan fingerprint density at radius 3 is 2.25 bits per heavy atom. The van der Waals surface area contributed by atoms with Gasteiger partial charge in [0.2, 0.25) is 5.91 Å². The van der Waals surface area contributed by atoms with E-state index in [1.807, 2.05) is 49.5 Å². The predicted molar refractivity (Wildman–Crippen MR) is 236 cm³/mol. The average Bonchev–Trinajstić information content (AvgIpc) is 3.17. The number of para-hydroxylation sites is 1. The lowest BCUT2D eigenvalue weighted by Gasteiger charge is -2.31. The van der Waals surface area contributed by atoms with Gasteiger partial charge < -0.3 is 26.0 Å². The predicted octanol–water partition coefficient (Wildman–Crippen LogP) is 10.7. The van der Waals surface area contributed by atoms with E-state index >= 15 is 0 Å². The number of ether oxygens (including phenoxy) is 1. The molecule has 0 aliphatic rings. The number of thioether (sulfide) groups is 1. The maximum absolute atomic E-state index is 14.0. The van der Waals surface area contributed by atoms with Crippen LogP contribution in [0.15, 0.2) is 88.4 Å². The minimum absolute atomic E-state index is 0.00653. The maximum atomic E-state index is 14.0. The van der Waals surface area contributed by atoms with Crippen molar-refractivity contribution in [3.63, 3.8) is 0 Å². The molecule has 3 rings (SSSR count). The molecule has 0 heterocycles. The SMILES string of the molecule is CCC(Oc1ccc(C(C)(C)CC)cc1C(C)(C)CC)C(=O)Nc1ccccc1SC(C=NC/C=C(\C=C/CNC#N)NC)C(=O)Nc1c(Cl)cc(Cl)cc1Cl. The molecule has 56 heavy (non-hydrogen) atoms. The zero-order valence-electron chi connectivity index (χ0n) is 33.4. The summed E-state index contributed by atoms with van der Waals surface area (Å²) >= 11 is 20.2. The number of carbonyl (C=O) groups excluding carboxylic acids is 2. The van der Waals surface area contributed by atoms with Crippen molar-refractivity contribution in [1.82, 2.24) is 10.6 Å². The number of nitrogens with one attached hydrogen (secondary N) is 4. The highest BCUT2D eigenvalue weighted by Gasteiger charge is 2.29. The standard InChI is InChI=1S/C43H53Cl3N6O3S/c1-9-35(55-36-19-18-28(42(4,5)10-2)23-31(36)43(6,7)11-3)40(53)51-34-16-12-13-17-37(34)56-38(26-49-22-20-30(48-8)15-14-21-50-27-47)41(54)52-39-32(45)24-29(44)25-33(39)46/h12-20,23-26,35,38,48,50H,9-11,21-22H2,1-8H3,(H,51,53)(H,52,54)/b15-14-,30-20+,49-26?. The van der Waals surface area contributed by atoms with Gasteiger partial charge in [-0.1, -0.05) is 114 Å². The number of likely N-dealkylation sites (N-methyl/N-ethyl adjacent to an activating group) is 1. The van der Waals surface area contributed by atoms with E-state index < -0.39 is 17.3 Å². The van der Waals surface area contributed by atoms with Crippen LogP contribution in [-0.2, 0) is 20.4 Å². The molecule has 0 fully saturated rings. The van der Waals surface area contributed by atoms with Crippen molar-refractivity contribution in [2.45, 2.75) is 94.8 Å². The Kier molecular flexibility index (Phi) is 18.1. The number of allylic oxidation sites excluding steroid dienone is 1. The van der Waals surface area contributed by atoms with Gasteiger partial charge in [0.1, 0.15) is 11.0 Å². The van der Waals surface area contributed by atoms with Gasteiger partial charge in [-0.15, -0.1) is 11.8 Å². The van der Waals surface area contributed by atoms with Crippen LogP contribution in [0.1, 0.15) is 78.9 Å². The number of rotatable bonds is 20. The van der Waals surface area contributed by atoms with Gasteiger partial charge in [0.25, 0.3) is 5.91 Å². The lowest BCUT2D eigenvalue weighted by molar-refractivity contribution is -0.123. The lowest BCUT2D eigenvalue weighted by Crippen LogP contribution is -2.33. The minimum atomic E-state index is -0.874. The lowest BCUT2D eigenvalue weighted by atomic mass is 9.76. The monoisotopic (exact) mass is 838 g/mol. The number of anilines is 2. The van der Waals surface area contributed by atoms with Crippen LogP contribution in [0.25, 0.3) is 0 Å². The largest absolute Gasteiger partial charge is 0.480 e. The fraction of sp³-hybridized carbons (Fsp3) is 0.395. The van der Waals surface area contributed by atoms with Crippen LogP contribution in [0.2, 0.25) is 15.1 Å². The molecule has 3 aromatic carbocycles. The second kappa shape index (κ2) is 22.0. The van der Waals surface area contributed by atoms with Gasteiger partial charge in [-0.25, -0.2) is 0 Å². The molecule has 0 aliphatic heterocycles. The Morgan fingerprint density at radius 2 is 1.62 bits per heavy atom. The molecule has 13 heteroatoms. The smallest absolute Gasteiger partial charge is 0.265 e. The molecular weight excluding hydrogens is 787 g/mol. The van der Waals surface area contributed by atoms with Gasteiger partial charge in [-0.3, -0.25) is 14.6 Å². The third-order valence-electron chi connectivity index (χ3n) is 9.65. The second-order valence-electron chi connectivity index (χ2n) is 14.3. The number of nitriles is 1. The number of hydrogen-bond acceptors (Lipinski definition) is 8. The minimum Gasteiger partial charge on any atom is -0.480 e. The summed E-state index contributed by atoms with van der Waals surface area (Å²) in [7, 11) is 1.78. The summed E-state index contributed by atoms with van der Waals surface area (Å²) in [6, 6.07) is 16.6. The summed E-state index contributed by atoms with van der Waals surface area (Å²) in [5.41, 5.74) is 3.63. The van der Waals surface area contributed by atoms with Gasteiger partial charge >= 0.3 is 0 Å². The summed E-state index contributed by atoms with van der Waals surface area (Å²) in [6.45, 7) is 15.8. The topological polar surface area (TPSA) is 128 Å². The Morgan fingerprint density at radius 1 is 0.946 bits per heavy atom. The maximum Gasteiger partial charge on any atom is 0.265 e. The van der Waals surface area contributed by atoms with E-state index in [-0.39, 0.29) is 39.0 Å². The second-order valence-corrected chi connectivity index (χ2v) is 16.7. The summed E-state index contributed by atoms with van der Waals surface area (Å²) in [4.78, 5) is 33.0. The Bertz CT molecular complexity index is 1930. The normalized spacial score (nSPS) is 13.3. The van der Waals surface area contributed by atoms with E-state index in [9.17, 15) is 9.59 Å². The first-order chi connectivity index (χ1) is 26.6. The highest BCUT2D eigenvalue weighted by Crippen LogP contribution is 2.40. The quantitative estimate of drug-likeness (QED) is 0.0223. The van der Waals surface area contributed by atoms with Crippen molar-refractivity contribution < 1.29 is 14.3 Å². The van der Waals surface area contributed by atoms with E-state index in [1.165, 1.54) is 29.5 Å². The molecule has 0 aromatic heterocycles. The summed E-state index contributed by atoms with van der Waals surface area (Å²) in [6.07, 6.45) is 10.4. The van der Waals surface area contributed by atoms with Gasteiger partial charge in [0.15, 0.2) is 12.3 Å². The third-order valence-corrected chi connectivity index (χ3v) is 11.7. The molecule has 0 saturated carbocycles. The molecule has 3 aromatic rings. The number of nitrogens with zero attached hydrogens (tertiary/aromatic N) is 2. The average molecular weight is 840 g/mol. The number of halogens is 3. The zero-order chi connectivity index (χ0) is 41.5. The summed E-state index contributed by atoms with van der Waals surface area (Å²) in [5.74, 6) is -0.0628. The Labute approximate surface area is 351 Å². The number of benzene rings is 3. The molecule has 0 aliphatic carbocycles. The van der Waals surface area contributed by atoms with Gasteiger partial charge in [0.05, 0.1) is 28.0 Å². The first-order valence-corrected chi connectivity index (χ1v) is 20.6. The zero-order valence-corrected chi connectivity index (χ0v) is 36.4. The third kappa shape index (κ3) is 13.2.